The van der Waals surface area contributed by atoms with Crippen molar-refractivity contribution in [2.24, 2.45) is 0 Å². The van der Waals surface area contributed by atoms with Gasteiger partial charge in [-0.05, 0) is 49.2 Å². The van der Waals surface area contributed by atoms with E-state index in [0.29, 0.717) is 29.4 Å². The van der Waals surface area contributed by atoms with Gasteiger partial charge in [-0.2, -0.15) is 0 Å². The first-order valence-corrected chi connectivity index (χ1v) is 12.1. The molecule has 0 radical (unpaired) electrons. The number of benzene rings is 2. The molecule has 192 valence electrons. The highest BCUT2D eigenvalue weighted by molar-refractivity contribution is 6.00. The van der Waals surface area contributed by atoms with Gasteiger partial charge >= 0.3 is 0 Å². The third kappa shape index (κ3) is 5.83. The van der Waals surface area contributed by atoms with E-state index in [9.17, 15) is 4.79 Å². The van der Waals surface area contributed by atoms with Crippen LogP contribution in [0.4, 0.5) is 0 Å². The highest BCUT2D eigenvalue weighted by atomic mass is 16.5. The van der Waals surface area contributed by atoms with Crippen molar-refractivity contribution in [3.8, 4) is 28.4 Å². The zero-order valence-electron chi connectivity index (χ0n) is 21.4. The summed E-state index contributed by atoms with van der Waals surface area (Å²) >= 11 is 0. The number of ether oxygens (including phenoxy) is 4. The minimum Gasteiger partial charge on any atom is -0.496 e. The first kappa shape index (κ1) is 25.6. The molecule has 0 spiro atoms. The Morgan fingerprint density at radius 2 is 1.78 bits per heavy atom. The van der Waals surface area contributed by atoms with E-state index in [0.717, 1.165) is 66.9 Å². The number of hydrogen-bond acceptors (Lipinski definition) is 7. The van der Waals surface area contributed by atoms with E-state index in [1.807, 2.05) is 37.3 Å². The number of morpholine rings is 1. The van der Waals surface area contributed by atoms with Crippen molar-refractivity contribution in [1.29, 1.82) is 0 Å². The van der Waals surface area contributed by atoms with Crippen molar-refractivity contribution in [2.45, 2.75) is 13.3 Å². The first-order chi connectivity index (χ1) is 17.5. The Balaban J connectivity index is 1.52. The van der Waals surface area contributed by atoms with Crippen molar-refractivity contribution < 1.29 is 28.2 Å². The van der Waals surface area contributed by atoms with Gasteiger partial charge in [-0.15, -0.1) is 0 Å². The van der Waals surface area contributed by atoms with E-state index < -0.39 is 0 Å². The fourth-order valence-corrected chi connectivity index (χ4v) is 4.42. The van der Waals surface area contributed by atoms with Gasteiger partial charge in [0, 0.05) is 48.3 Å². The van der Waals surface area contributed by atoms with Crippen LogP contribution in [0.2, 0.25) is 0 Å². The number of methoxy groups -OCH3 is 3. The summed E-state index contributed by atoms with van der Waals surface area (Å²) < 4.78 is 27.7. The molecule has 0 saturated carbocycles. The summed E-state index contributed by atoms with van der Waals surface area (Å²) in [5.74, 6) is 1.82. The second-order valence-corrected chi connectivity index (χ2v) is 8.69. The summed E-state index contributed by atoms with van der Waals surface area (Å²) in [5.41, 5.74) is 4.17. The molecular formula is C28H34N2O6. The molecule has 1 N–H and O–H groups in total. The van der Waals surface area contributed by atoms with E-state index >= 15 is 0 Å². The molecule has 0 bridgehead atoms. The predicted octanol–water partition coefficient (Wildman–Crippen LogP) is 4.37. The van der Waals surface area contributed by atoms with Crippen LogP contribution >= 0.6 is 0 Å². The van der Waals surface area contributed by atoms with Crippen LogP contribution in [0.25, 0.3) is 27.7 Å². The molecule has 8 nitrogen and oxygen atoms in total. The normalized spacial score (nSPS) is 14.6. The number of hydrogen-bond donors (Lipinski definition) is 1. The zero-order valence-corrected chi connectivity index (χ0v) is 21.4. The number of allylic oxidation sites excluding steroid dienone is 1. The van der Waals surface area contributed by atoms with Crippen LogP contribution in [0.15, 0.2) is 47.1 Å². The molecule has 36 heavy (non-hydrogen) atoms. The largest absolute Gasteiger partial charge is 0.496 e. The Morgan fingerprint density at radius 1 is 1.03 bits per heavy atom. The SMILES string of the molecule is COc1ccc(-c2coc3cc(OC)c(/C(C)=C/C(=O)NCCCN4CCOCC4)cc23)cc1OC. The van der Waals surface area contributed by atoms with E-state index in [1.165, 1.54) is 0 Å². The molecule has 2 aromatic carbocycles. The summed E-state index contributed by atoms with van der Waals surface area (Å²) in [5, 5.41) is 3.91. The van der Waals surface area contributed by atoms with Crippen molar-refractivity contribution in [1.82, 2.24) is 10.2 Å². The molecule has 0 aliphatic carbocycles. The molecule has 1 aliphatic rings. The number of carbonyl (C=O) groups is 1. The van der Waals surface area contributed by atoms with Crippen LogP contribution < -0.4 is 19.5 Å². The highest BCUT2D eigenvalue weighted by Gasteiger charge is 2.16. The van der Waals surface area contributed by atoms with Crippen LogP contribution in [-0.2, 0) is 9.53 Å². The lowest BCUT2D eigenvalue weighted by molar-refractivity contribution is -0.116. The van der Waals surface area contributed by atoms with Gasteiger partial charge in [0.25, 0.3) is 0 Å². The number of rotatable bonds is 10. The third-order valence-electron chi connectivity index (χ3n) is 6.42. The van der Waals surface area contributed by atoms with Gasteiger partial charge in [-0.25, -0.2) is 0 Å². The van der Waals surface area contributed by atoms with Crippen LogP contribution in [0.3, 0.4) is 0 Å². The second-order valence-electron chi connectivity index (χ2n) is 8.69. The number of amides is 1. The Morgan fingerprint density at radius 3 is 2.50 bits per heavy atom. The van der Waals surface area contributed by atoms with E-state index in [1.54, 1.807) is 33.7 Å². The summed E-state index contributed by atoms with van der Waals surface area (Å²) in [4.78, 5) is 15.0. The first-order valence-electron chi connectivity index (χ1n) is 12.1. The van der Waals surface area contributed by atoms with Crippen molar-refractivity contribution in [2.75, 3.05) is 60.7 Å². The third-order valence-corrected chi connectivity index (χ3v) is 6.42. The summed E-state index contributed by atoms with van der Waals surface area (Å²) in [6.07, 6.45) is 4.24. The summed E-state index contributed by atoms with van der Waals surface area (Å²) in [6, 6.07) is 9.60. The van der Waals surface area contributed by atoms with E-state index in [4.69, 9.17) is 23.4 Å². The molecule has 4 rings (SSSR count). The monoisotopic (exact) mass is 494 g/mol. The quantitative estimate of drug-likeness (QED) is 0.331. The molecular weight excluding hydrogens is 460 g/mol. The molecule has 2 heterocycles. The van der Waals surface area contributed by atoms with Gasteiger partial charge in [0.05, 0.1) is 40.8 Å². The summed E-state index contributed by atoms with van der Waals surface area (Å²) in [7, 11) is 4.83. The van der Waals surface area contributed by atoms with Gasteiger partial charge in [-0.3, -0.25) is 9.69 Å². The van der Waals surface area contributed by atoms with Crippen molar-refractivity contribution in [3.63, 3.8) is 0 Å². The lowest BCUT2D eigenvalue weighted by atomic mass is 9.99. The highest BCUT2D eigenvalue weighted by Crippen LogP contribution is 2.39. The standard InChI is InChI=1S/C28H34N2O6/c1-19(14-28(31)29-8-5-9-30-10-12-35-13-11-30)21-16-22-23(18-36-26(22)17-25(21)33-3)20-6-7-24(32-2)27(15-20)34-4/h6-7,14-18H,5,8-13H2,1-4H3,(H,29,31)/b19-14+. The second kappa shape index (κ2) is 12.0. The van der Waals surface area contributed by atoms with E-state index in [-0.39, 0.29) is 5.91 Å². The molecule has 3 aromatic rings. The number of carbonyl (C=O) groups excluding carboxylic acids is 1. The average Bonchev–Trinajstić information content (AvgIpc) is 3.33. The molecule has 1 fully saturated rings. The Hall–Kier alpha value is -3.49. The Kier molecular flexibility index (Phi) is 8.51. The molecule has 0 atom stereocenters. The number of fused-ring (bicyclic) bond motifs is 1. The maximum Gasteiger partial charge on any atom is 0.244 e. The lowest BCUT2D eigenvalue weighted by Crippen LogP contribution is -2.38. The summed E-state index contributed by atoms with van der Waals surface area (Å²) in [6.45, 7) is 6.96. The van der Waals surface area contributed by atoms with E-state index in [2.05, 4.69) is 10.2 Å². The predicted molar refractivity (Wildman–Crippen MR) is 140 cm³/mol. The lowest BCUT2D eigenvalue weighted by Gasteiger charge is -2.26. The van der Waals surface area contributed by atoms with Gasteiger partial charge in [-0.1, -0.05) is 6.07 Å². The van der Waals surface area contributed by atoms with Crippen LogP contribution in [-0.4, -0.2) is 71.5 Å². The van der Waals surface area contributed by atoms with Gasteiger partial charge in [0.2, 0.25) is 5.91 Å². The molecule has 1 aromatic heterocycles. The smallest absolute Gasteiger partial charge is 0.244 e. The fraction of sp³-hybridized carbons (Fsp3) is 0.393. The van der Waals surface area contributed by atoms with Crippen molar-refractivity contribution in [3.05, 3.63) is 48.2 Å². The minimum absolute atomic E-state index is 0.121. The Bertz CT molecular complexity index is 1230. The van der Waals surface area contributed by atoms with Crippen LogP contribution in [0, 0.1) is 0 Å². The molecule has 1 aliphatic heterocycles. The average molecular weight is 495 g/mol. The molecule has 8 heteroatoms. The maximum atomic E-state index is 12.6. The van der Waals surface area contributed by atoms with Gasteiger partial charge < -0.3 is 28.7 Å². The number of nitrogens with zero attached hydrogens (tertiary/aromatic N) is 1. The van der Waals surface area contributed by atoms with Gasteiger partial charge in [0.1, 0.15) is 11.3 Å². The van der Waals surface area contributed by atoms with Crippen LogP contribution in [0.5, 0.6) is 17.2 Å². The molecule has 1 saturated heterocycles. The van der Waals surface area contributed by atoms with Crippen molar-refractivity contribution >= 4 is 22.4 Å². The minimum atomic E-state index is -0.121. The zero-order chi connectivity index (χ0) is 25.5. The maximum absolute atomic E-state index is 12.6. The van der Waals surface area contributed by atoms with Gasteiger partial charge in [0.15, 0.2) is 11.5 Å². The fourth-order valence-electron chi connectivity index (χ4n) is 4.42. The van der Waals surface area contributed by atoms with Crippen LogP contribution in [0.1, 0.15) is 18.9 Å². The number of nitrogens with one attached hydrogen (secondary N) is 1. The molecule has 0 unspecified atom stereocenters. The molecule has 1 amide bonds. The Labute approximate surface area is 211 Å². The topological polar surface area (TPSA) is 82.4 Å². The number of furan rings is 1.